The highest BCUT2D eigenvalue weighted by molar-refractivity contribution is 6.36. The lowest BCUT2D eigenvalue weighted by Crippen LogP contribution is -2.34. The molecule has 9 heteroatoms. The summed E-state index contributed by atoms with van der Waals surface area (Å²) < 4.78 is 13.2. The van der Waals surface area contributed by atoms with Crippen molar-refractivity contribution in [3.63, 3.8) is 0 Å². The summed E-state index contributed by atoms with van der Waals surface area (Å²) in [7, 11) is 1.93. The number of anilines is 2. The van der Waals surface area contributed by atoms with E-state index in [0.717, 1.165) is 37.3 Å². The van der Waals surface area contributed by atoms with E-state index >= 15 is 0 Å². The number of H-pyrrole nitrogens is 1. The lowest BCUT2D eigenvalue weighted by atomic mass is 9.98. The Morgan fingerprint density at radius 3 is 3.00 bits per heavy atom. The van der Waals surface area contributed by atoms with E-state index in [1.165, 1.54) is 6.07 Å². The second-order valence-corrected chi connectivity index (χ2v) is 7.40. The Bertz CT molecular complexity index is 976. The van der Waals surface area contributed by atoms with Gasteiger partial charge in [0.2, 0.25) is 11.9 Å². The molecule has 0 spiro atoms. The van der Waals surface area contributed by atoms with E-state index in [-0.39, 0.29) is 6.04 Å². The number of imidazole rings is 1. The van der Waals surface area contributed by atoms with Gasteiger partial charge in [-0.25, -0.2) is 0 Å². The van der Waals surface area contributed by atoms with Crippen molar-refractivity contribution >= 4 is 46.0 Å². The van der Waals surface area contributed by atoms with Crippen molar-refractivity contribution in [3.05, 3.63) is 45.8 Å². The summed E-state index contributed by atoms with van der Waals surface area (Å²) in [4.78, 5) is 13.3. The van der Waals surface area contributed by atoms with Crippen molar-refractivity contribution in [1.82, 2.24) is 20.3 Å². The highest BCUT2D eigenvalue weighted by Gasteiger charge is 2.22. The van der Waals surface area contributed by atoms with Gasteiger partial charge in [0.15, 0.2) is 5.65 Å². The fourth-order valence-corrected chi connectivity index (χ4v) is 3.89. The predicted molar refractivity (Wildman–Crippen MR) is 107 cm³/mol. The number of hydrogen-bond donors (Lipinski definition) is 3. The van der Waals surface area contributed by atoms with Gasteiger partial charge < -0.3 is 20.5 Å². The van der Waals surface area contributed by atoms with Gasteiger partial charge in [-0.05, 0) is 36.2 Å². The number of fused-ring (bicyclic) bond motifs is 2. The second kappa shape index (κ2) is 7.50. The lowest BCUT2D eigenvalue weighted by Gasteiger charge is -2.29. The van der Waals surface area contributed by atoms with Crippen LogP contribution in [0.25, 0.3) is 11.2 Å². The molecule has 3 aromatic rings. The van der Waals surface area contributed by atoms with Crippen molar-refractivity contribution in [1.29, 1.82) is 0 Å². The first kappa shape index (κ1) is 18.3. The molecule has 0 saturated carbocycles. The molecule has 1 unspecified atom stereocenters. The van der Waals surface area contributed by atoms with E-state index in [4.69, 9.17) is 23.2 Å². The molecular formula is C18H19Cl2FN6. The fraction of sp³-hybridized carbons (Fsp3) is 0.333. The van der Waals surface area contributed by atoms with E-state index in [2.05, 4.69) is 25.6 Å². The fourth-order valence-electron chi connectivity index (χ4n) is 3.31. The Hall–Kier alpha value is -2.09. The number of nitrogens with one attached hydrogen (secondary N) is 3. The predicted octanol–water partition coefficient (Wildman–Crippen LogP) is 3.99. The van der Waals surface area contributed by atoms with Gasteiger partial charge >= 0.3 is 0 Å². The molecule has 4 rings (SSSR count). The molecule has 1 aromatic carbocycles. The van der Waals surface area contributed by atoms with Crippen molar-refractivity contribution in [2.75, 3.05) is 36.9 Å². The van der Waals surface area contributed by atoms with E-state index in [0.29, 0.717) is 27.2 Å². The first-order valence-electron chi connectivity index (χ1n) is 8.71. The molecular weight excluding hydrogens is 390 g/mol. The number of pyridine rings is 1. The normalized spacial score (nSPS) is 16.2. The summed E-state index contributed by atoms with van der Waals surface area (Å²) in [6.07, 6.45) is 0.946. The van der Waals surface area contributed by atoms with Gasteiger partial charge in [0.25, 0.3) is 0 Å². The highest BCUT2D eigenvalue weighted by Crippen LogP contribution is 2.37. The van der Waals surface area contributed by atoms with Gasteiger partial charge in [0.05, 0.1) is 16.2 Å². The van der Waals surface area contributed by atoms with E-state index in [9.17, 15) is 4.39 Å². The SMILES string of the molecule is CN(CCNC1CCNc2c(Cl)cc(Cl)cc21)c1nc2nc(F)ccc2[nH]1. The summed E-state index contributed by atoms with van der Waals surface area (Å²) in [6.45, 7) is 2.31. The molecule has 0 bridgehead atoms. The Kier molecular flexibility index (Phi) is 5.08. The average molecular weight is 409 g/mol. The lowest BCUT2D eigenvalue weighted by molar-refractivity contribution is 0.504. The van der Waals surface area contributed by atoms with Crippen molar-refractivity contribution in [3.8, 4) is 0 Å². The Morgan fingerprint density at radius 1 is 1.30 bits per heavy atom. The smallest absolute Gasteiger partial charge is 0.215 e. The minimum Gasteiger partial charge on any atom is -0.383 e. The summed E-state index contributed by atoms with van der Waals surface area (Å²) in [5.41, 5.74) is 3.12. The molecule has 0 fully saturated rings. The highest BCUT2D eigenvalue weighted by atomic mass is 35.5. The second-order valence-electron chi connectivity index (χ2n) is 6.56. The molecule has 0 amide bonds. The Morgan fingerprint density at radius 2 is 2.15 bits per heavy atom. The maximum atomic E-state index is 13.2. The zero-order valence-corrected chi connectivity index (χ0v) is 16.2. The number of likely N-dealkylation sites (N-methyl/N-ethyl adjacent to an activating group) is 1. The van der Waals surface area contributed by atoms with Crippen molar-refractivity contribution in [2.45, 2.75) is 12.5 Å². The van der Waals surface area contributed by atoms with Gasteiger partial charge in [-0.3, -0.25) is 0 Å². The third kappa shape index (κ3) is 3.81. The molecule has 0 radical (unpaired) electrons. The van der Waals surface area contributed by atoms with Crippen LogP contribution in [0.4, 0.5) is 16.0 Å². The Labute approximate surface area is 166 Å². The Balaban J connectivity index is 1.41. The van der Waals surface area contributed by atoms with Crippen LogP contribution in [0.1, 0.15) is 18.0 Å². The zero-order valence-electron chi connectivity index (χ0n) is 14.7. The van der Waals surface area contributed by atoms with E-state index < -0.39 is 5.95 Å². The molecule has 142 valence electrons. The van der Waals surface area contributed by atoms with Crippen LogP contribution < -0.4 is 15.5 Å². The molecule has 0 aliphatic carbocycles. The third-order valence-corrected chi connectivity index (χ3v) is 5.21. The first-order valence-corrected chi connectivity index (χ1v) is 9.46. The molecule has 1 aliphatic rings. The summed E-state index contributed by atoms with van der Waals surface area (Å²) in [5.74, 6) is 0.119. The molecule has 27 heavy (non-hydrogen) atoms. The monoisotopic (exact) mass is 408 g/mol. The molecule has 3 N–H and O–H groups in total. The number of aromatic nitrogens is 3. The average Bonchev–Trinajstić information content (AvgIpc) is 3.05. The molecule has 3 heterocycles. The summed E-state index contributed by atoms with van der Waals surface area (Å²) in [5, 5.41) is 8.17. The van der Waals surface area contributed by atoms with Crippen LogP contribution in [0.3, 0.4) is 0 Å². The van der Waals surface area contributed by atoms with Crippen LogP contribution in [0.5, 0.6) is 0 Å². The number of aromatic amines is 1. The van der Waals surface area contributed by atoms with E-state index in [1.54, 1.807) is 12.1 Å². The van der Waals surface area contributed by atoms with Gasteiger partial charge in [-0.2, -0.15) is 14.4 Å². The van der Waals surface area contributed by atoms with Crippen molar-refractivity contribution < 1.29 is 4.39 Å². The largest absolute Gasteiger partial charge is 0.383 e. The number of benzene rings is 1. The van der Waals surface area contributed by atoms with Gasteiger partial charge in [0.1, 0.15) is 0 Å². The maximum absolute atomic E-state index is 13.2. The van der Waals surface area contributed by atoms with Crippen LogP contribution in [0, 0.1) is 5.95 Å². The quantitative estimate of drug-likeness (QED) is 0.556. The third-order valence-electron chi connectivity index (χ3n) is 4.69. The number of halogens is 3. The maximum Gasteiger partial charge on any atom is 0.215 e. The minimum absolute atomic E-state index is 0.178. The molecule has 1 aliphatic heterocycles. The van der Waals surface area contributed by atoms with Crippen LogP contribution in [-0.4, -0.2) is 41.6 Å². The zero-order chi connectivity index (χ0) is 19.0. The minimum atomic E-state index is -0.535. The van der Waals surface area contributed by atoms with Crippen LogP contribution in [-0.2, 0) is 0 Å². The number of rotatable bonds is 5. The molecule has 1 atom stereocenters. The molecule has 2 aromatic heterocycles. The van der Waals surface area contributed by atoms with Crippen molar-refractivity contribution in [2.24, 2.45) is 0 Å². The number of hydrogen-bond acceptors (Lipinski definition) is 5. The standard InChI is InChI=1S/C18H19Cl2FN6/c1-27(18-24-14-2-3-15(21)25-17(14)26-18)7-6-22-13-4-5-23-16-11(13)8-10(19)9-12(16)20/h2-3,8-9,13,22-23H,4-7H2,1H3,(H,24,25,26). The van der Waals surface area contributed by atoms with Crippen LogP contribution in [0.15, 0.2) is 24.3 Å². The van der Waals surface area contributed by atoms with Crippen LogP contribution in [0.2, 0.25) is 10.0 Å². The summed E-state index contributed by atoms with van der Waals surface area (Å²) in [6, 6.07) is 6.84. The molecule has 0 saturated heterocycles. The first-order chi connectivity index (χ1) is 13.0. The molecule has 6 nitrogen and oxygen atoms in total. The topological polar surface area (TPSA) is 68.9 Å². The van der Waals surface area contributed by atoms with Gasteiger partial charge in [-0.1, -0.05) is 23.2 Å². The van der Waals surface area contributed by atoms with Gasteiger partial charge in [0, 0.05) is 37.7 Å². The summed E-state index contributed by atoms with van der Waals surface area (Å²) >= 11 is 12.5. The van der Waals surface area contributed by atoms with E-state index in [1.807, 2.05) is 18.0 Å². The number of nitrogens with zero attached hydrogens (tertiary/aromatic N) is 3. The van der Waals surface area contributed by atoms with Gasteiger partial charge in [-0.15, -0.1) is 0 Å². The van der Waals surface area contributed by atoms with Crippen LogP contribution >= 0.6 is 23.2 Å².